The molecule has 2 aromatic rings. The fourth-order valence-corrected chi connectivity index (χ4v) is 3.40. The van der Waals surface area contributed by atoms with E-state index in [0.717, 1.165) is 22.4 Å². The van der Waals surface area contributed by atoms with E-state index in [1.54, 1.807) is 6.92 Å². The molecule has 0 radical (unpaired) electrons. The van der Waals surface area contributed by atoms with Gasteiger partial charge in [0.05, 0.1) is 12.3 Å². The number of rotatable bonds is 4. The van der Waals surface area contributed by atoms with E-state index in [4.69, 9.17) is 10.5 Å². The molecule has 0 aliphatic heterocycles. The number of hydrogen-bond donors (Lipinski definition) is 1. The third kappa shape index (κ3) is 2.70. The van der Waals surface area contributed by atoms with Crippen LogP contribution in [0.2, 0.25) is 0 Å². The maximum Gasteiger partial charge on any atom is 0.350 e. The van der Waals surface area contributed by atoms with E-state index in [1.807, 2.05) is 19.1 Å². The minimum atomic E-state index is -0.330. The largest absolute Gasteiger partial charge is 0.462 e. The van der Waals surface area contributed by atoms with Crippen LogP contribution in [0.3, 0.4) is 0 Å². The zero-order valence-corrected chi connectivity index (χ0v) is 12.8. The molecule has 0 unspecified atom stereocenters. The molecular weight excluding hydrogens is 270 g/mol. The molecule has 0 aliphatic carbocycles. The fourth-order valence-electron chi connectivity index (χ4n) is 2.20. The van der Waals surface area contributed by atoms with Crippen molar-refractivity contribution in [3.8, 4) is 10.4 Å². The number of benzene rings is 1. The molecule has 0 atom stereocenters. The Balaban J connectivity index is 2.54. The normalized spacial score (nSPS) is 10.6. The number of aryl methyl sites for hydroxylation is 1. The Morgan fingerprint density at radius 3 is 2.70 bits per heavy atom. The molecular formula is C16H19NO2S. The van der Waals surface area contributed by atoms with Crippen molar-refractivity contribution >= 4 is 23.0 Å². The van der Waals surface area contributed by atoms with E-state index in [9.17, 15) is 4.79 Å². The molecule has 1 aromatic carbocycles. The van der Waals surface area contributed by atoms with E-state index < -0.39 is 0 Å². The Morgan fingerprint density at radius 1 is 1.35 bits per heavy atom. The lowest BCUT2D eigenvalue weighted by atomic mass is 10.0. The molecule has 1 heterocycles. The van der Waals surface area contributed by atoms with E-state index in [1.165, 1.54) is 16.9 Å². The highest BCUT2D eigenvalue weighted by Crippen LogP contribution is 2.39. The van der Waals surface area contributed by atoms with Gasteiger partial charge in [0.2, 0.25) is 0 Å². The van der Waals surface area contributed by atoms with Gasteiger partial charge in [0.1, 0.15) is 4.88 Å². The molecule has 3 nitrogen and oxygen atoms in total. The number of carbonyl (C=O) groups is 1. The van der Waals surface area contributed by atoms with Crippen LogP contribution in [0.1, 0.15) is 34.6 Å². The van der Waals surface area contributed by atoms with Crippen molar-refractivity contribution in [2.24, 2.45) is 0 Å². The van der Waals surface area contributed by atoms with Gasteiger partial charge in [-0.3, -0.25) is 0 Å². The summed E-state index contributed by atoms with van der Waals surface area (Å²) >= 11 is 1.42. The molecule has 0 aliphatic rings. The molecule has 2 N–H and O–H groups in total. The molecule has 0 saturated heterocycles. The van der Waals surface area contributed by atoms with Crippen LogP contribution in [-0.4, -0.2) is 12.6 Å². The SMILES string of the molecule is CCOC(=O)c1sc(-c2cccc(C)c2)c(CC)c1N. The van der Waals surface area contributed by atoms with Gasteiger partial charge in [-0.05, 0) is 31.4 Å². The van der Waals surface area contributed by atoms with Crippen molar-refractivity contribution in [2.75, 3.05) is 12.3 Å². The predicted octanol–water partition coefficient (Wildman–Crippen LogP) is 4.04. The summed E-state index contributed by atoms with van der Waals surface area (Å²) in [6, 6.07) is 8.23. The highest BCUT2D eigenvalue weighted by atomic mass is 32.1. The maximum atomic E-state index is 12.0. The molecule has 0 saturated carbocycles. The number of carbonyl (C=O) groups excluding carboxylic acids is 1. The monoisotopic (exact) mass is 289 g/mol. The van der Waals surface area contributed by atoms with Gasteiger partial charge in [-0.2, -0.15) is 0 Å². The Bertz CT molecular complexity index is 631. The standard InChI is InChI=1S/C16H19NO2S/c1-4-12-13(17)15(16(18)19-5-2)20-14(12)11-8-6-7-10(3)9-11/h6-9H,4-5,17H2,1-3H3. The van der Waals surface area contributed by atoms with Crippen LogP contribution in [-0.2, 0) is 11.2 Å². The molecule has 106 valence electrons. The van der Waals surface area contributed by atoms with Gasteiger partial charge in [0.25, 0.3) is 0 Å². The van der Waals surface area contributed by atoms with E-state index in [-0.39, 0.29) is 5.97 Å². The Kier molecular flexibility index (Phi) is 4.45. The Hall–Kier alpha value is -1.81. The Morgan fingerprint density at radius 2 is 2.10 bits per heavy atom. The topological polar surface area (TPSA) is 52.3 Å². The van der Waals surface area contributed by atoms with Gasteiger partial charge >= 0.3 is 5.97 Å². The molecule has 0 fully saturated rings. The van der Waals surface area contributed by atoms with E-state index in [2.05, 4.69) is 19.1 Å². The first-order chi connectivity index (χ1) is 9.58. The predicted molar refractivity (Wildman–Crippen MR) is 84.2 cm³/mol. The zero-order chi connectivity index (χ0) is 14.7. The van der Waals surface area contributed by atoms with Crippen molar-refractivity contribution in [3.05, 3.63) is 40.3 Å². The summed E-state index contributed by atoms with van der Waals surface area (Å²) < 4.78 is 5.07. The first kappa shape index (κ1) is 14.6. The second-order valence-electron chi connectivity index (χ2n) is 4.60. The molecule has 20 heavy (non-hydrogen) atoms. The lowest BCUT2D eigenvalue weighted by Gasteiger charge is -2.03. The van der Waals surface area contributed by atoms with E-state index in [0.29, 0.717) is 17.2 Å². The van der Waals surface area contributed by atoms with Crippen LogP contribution in [0.15, 0.2) is 24.3 Å². The smallest absolute Gasteiger partial charge is 0.350 e. The van der Waals surface area contributed by atoms with Gasteiger partial charge in [-0.1, -0.05) is 36.8 Å². The Labute approximate surface area is 123 Å². The average Bonchev–Trinajstić information content (AvgIpc) is 2.76. The minimum Gasteiger partial charge on any atom is -0.462 e. The summed E-state index contributed by atoms with van der Waals surface area (Å²) in [4.78, 5) is 13.5. The summed E-state index contributed by atoms with van der Waals surface area (Å²) in [5, 5.41) is 0. The van der Waals surface area contributed by atoms with Crippen LogP contribution in [0, 0.1) is 6.92 Å². The van der Waals surface area contributed by atoms with Crippen LogP contribution in [0.5, 0.6) is 0 Å². The first-order valence-corrected chi connectivity index (χ1v) is 7.55. The second kappa shape index (κ2) is 6.09. The fraction of sp³-hybridized carbons (Fsp3) is 0.312. The zero-order valence-electron chi connectivity index (χ0n) is 12.0. The molecule has 2 rings (SSSR count). The highest BCUT2D eigenvalue weighted by Gasteiger charge is 2.21. The van der Waals surface area contributed by atoms with Crippen LogP contribution >= 0.6 is 11.3 Å². The van der Waals surface area contributed by atoms with Gasteiger partial charge in [0.15, 0.2) is 0 Å². The first-order valence-electron chi connectivity index (χ1n) is 6.73. The third-order valence-corrected chi connectivity index (χ3v) is 4.42. The summed E-state index contributed by atoms with van der Waals surface area (Å²) in [7, 11) is 0. The molecule has 0 spiro atoms. The molecule has 1 aromatic heterocycles. The summed E-state index contributed by atoms with van der Waals surface area (Å²) in [6.45, 7) is 6.26. The summed E-state index contributed by atoms with van der Waals surface area (Å²) in [6.07, 6.45) is 0.797. The quantitative estimate of drug-likeness (QED) is 0.864. The lowest BCUT2D eigenvalue weighted by molar-refractivity contribution is 0.0533. The highest BCUT2D eigenvalue weighted by molar-refractivity contribution is 7.18. The minimum absolute atomic E-state index is 0.330. The van der Waals surface area contributed by atoms with Crippen LogP contribution in [0.25, 0.3) is 10.4 Å². The number of nitrogen functional groups attached to an aromatic ring is 1. The number of thiophene rings is 1. The molecule has 0 amide bonds. The number of hydrogen-bond acceptors (Lipinski definition) is 4. The van der Waals surface area contributed by atoms with Crippen LogP contribution < -0.4 is 5.73 Å². The van der Waals surface area contributed by atoms with Crippen LogP contribution in [0.4, 0.5) is 5.69 Å². The average molecular weight is 289 g/mol. The molecule has 0 bridgehead atoms. The van der Waals surface area contributed by atoms with Crippen molar-refractivity contribution < 1.29 is 9.53 Å². The molecule has 4 heteroatoms. The van der Waals surface area contributed by atoms with E-state index >= 15 is 0 Å². The summed E-state index contributed by atoms with van der Waals surface area (Å²) in [5.74, 6) is -0.330. The van der Waals surface area contributed by atoms with Gasteiger partial charge in [-0.25, -0.2) is 4.79 Å². The number of anilines is 1. The van der Waals surface area contributed by atoms with Crippen molar-refractivity contribution in [3.63, 3.8) is 0 Å². The number of ether oxygens (including phenoxy) is 1. The van der Waals surface area contributed by atoms with Gasteiger partial charge in [-0.15, -0.1) is 11.3 Å². The van der Waals surface area contributed by atoms with Gasteiger partial charge < -0.3 is 10.5 Å². The van der Waals surface area contributed by atoms with Gasteiger partial charge in [0, 0.05) is 4.88 Å². The lowest BCUT2D eigenvalue weighted by Crippen LogP contribution is -2.05. The number of esters is 1. The number of nitrogens with two attached hydrogens (primary N) is 1. The van der Waals surface area contributed by atoms with Crippen molar-refractivity contribution in [2.45, 2.75) is 27.2 Å². The van der Waals surface area contributed by atoms with Crippen molar-refractivity contribution in [1.82, 2.24) is 0 Å². The second-order valence-corrected chi connectivity index (χ2v) is 5.62. The van der Waals surface area contributed by atoms with Crippen molar-refractivity contribution in [1.29, 1.82) is 0 Å². The summed E-state index contributed by atoms with van der Waals surface area (Å²) in [5.41, 5.74) is 10.0. The maximum absolute atomic E-state index is 12.0. The third-order valence-electron chi connectivity index (χ3n) is 3.14.